The van der Waals surface area contributed by atoms with Crippen molar-refractivity contribution in [1.82, 2.24) is 0 Å². The molecule has 1 N–H and O–H groups in total. The Kier molecular flexibility index (Phi) is 2.71. The smallest absolute Gasteiger partial charge is 0.324 e. The number of hydrogen-bond acceptors (Lipinski definition) is 3. The molecule has 0 amide bonds. The zero-order chi connectivity index (χ0) is 12.8. The van der Waals surface area contributed by atoms with Crippen molar-refractivity contribution in [3.63, 3.8) is 0 Å². The Balaban J connectivity index is 2.25. The molecule has 4 heteroatoms. The van der Waals surface area contributed by atoms with Crippen LogP contribution >= 0.6 is 0 Å². The molecule has 3 atom stereocenters. The molecule has 0 aromatic carbocycles. The average Bonchev–Trinajstić information content (AvgIpc) is 2.73. The van der Waals surface area contributed by atoms with Crippen molar-refractivity contribution < 1.29 is 19.4 Å². The quantitative estimate of drug-likeness (QED) is 0.593. The van der Waals surface area contributed by atoms with Crippen LogP contribution in [0.4, 0.5) is 0 Å². The molecular weight excluding hydrogens is 220 g/mol. The summed E-state index contributed by atoms with van der Waals surface area (Å²) in [5.41, 5.74) is -1.89. The molecule has 0 aromatic heterocycles. The fourth-order valence-electron chi connectivity index (χ4n) is 3.30. The highest BCUT2D eigenvalue weighted by molar-refractivity contribution is 6.00. The first-order chi connectivity index (χ1) is 7.75. The Bertz CT molecular complexity index is 355. The standard InChI is InChI=1S/C13H20O4/c1-12(2,3)17-11(16)13(10(14)15)7-8-4-5-9(13)6-8/h8-9H,4-7H2,1-3H3,(H,14,15). The largest absolute Gasteiger partial charge is 0.480 e. The van der Waals surface area contributed by atoms with E-state index in [1.54, 1.807) is 20.8 Å². The highest BCUT2D eigenvalue weighted by atomic mass is 16.6. The van der Waals surface area contributed by atoms with Crippen LogP contribution in [-0.4, -0.2) is 22.6 Å². The second-order valence-electron chi connectivity index (χ2n) is 6.36. The molecule has 0 heterocycles. The Labute approximate surface area is 101 Å². The van der Waals surface area contributed by atoms with E-state index in [4.69, 9.17) is 4.74 Å². The van der Waals surface area contributed by atoms with Crippen LogP contribution in [0.5, 0.6) is 0 Å². The molecule has 2 aliphatic carbocycles. The van der Waals surface area contributed by atoms with Crippen molar-refractivity contribution in [2.75, 3.05) is 0 Å². The summed E-state index contributed by atoms with van der Waals surface area (Å²) in [4.78, 5) is 23.8. The van der Waals surface area contributed by atoms with Gasteiger partial charge in [0.2, 0.25) is 0 Å². The zero-order valence-electron chi connectivity index (χ0n) is 10.7. The fourth-order valence-corrected chi connectivity index (χ4v) is 3.30. The van der Waals surface area contributed by atoms with Gasteiger partial charge in [0.15, 0.2) is 5.41 Å². The zero-order valence-corrected chi connectivity index (χ0v) is 10.7. The summed E-state index contributed by atoms with van der Waals surface area (Å²) >= 11 is 0. The fraction of sp³-hybridized carbons (Fsp3) is 0.846. The van der Waals surface area contributed by atoms with Crippen LogP contribution in [0.3, 0.4) is 0 Å². The lowest BCUT2D eigenvalue weighted by Gasteiger charge is -2.34. The second kappa shape index (κ2) is 3.72. The van der Waals surface area contributed by atoms with E-state index in [1.807, 2.05) is 0 Å². The van der Waals surface area contributed by atoms with E-state index in [9.17, 15) is 14.7 Å². The summed E-state index contributed by atoms with van der Waals surface area (Å²) in [7, 11) is 0. The van der Waals surface area contributed by atoms with Crippen LogP contribution in [0.2, 0.25) is 0 Å². The number of carbonyl (C=O) groups is 2. The van der Waals surface area contributed by atoms with Crippen LogP contribution in [-0.2, 0) is 14.3 Å². The Morgan fingerprint density at radius 2 is 1.94 bits per heavy atom. The van der Waals surface area contributed by atoms with Gasteiger partial charge >= 0.3 is 11.9 Å². The topological polar surface area (TPSA) is 63.6 Å². The van der Waals surface area contributed by atoms with Crippen LogP contribution in [0, 0.1) is 17.3 Å². The predicted molar refractivity (Wildman–Crippen MR) is 61.4 cm³/mol. The van der Waals surface area contributed by atoms with Crippen LogP contribution in [0.1, 0.15) is 46.5 Å². The molecule has 0 aliphatic heterocycles. The molecule has 0 radical (unpaired) electrons. The van der Waals surface area contributed by atoms with Gasteiger partial charge < -0.3 is 9.84 Å². The Hall–Kier alpha value is -1.06. The average molecular weight is 240 g/mol. The van der Waals surface area contributed by atoms with Gasteiger partial charge in [-0.3, -0.25) is 9.59 Å². The molecule has 2 aliphatic rings. The third-order valence-electron chi connectivity index (χ3n) is 3.99. The predicted octanol–water partition coefficient (Wildman–Crippen LogP) is 2.22. The molecule has 0 spiro atoms. The minimum Gasteiger partial charge on any atom is -0.480 e. The van der Waals surface area contributed by atoms with E-state index >= 15 is 0 Å². The maximum Gasteiger partial charge on any atom is 0.324 e. The Morgan fingerprint density at radius 1 is 1.29 bits per heavy atom. The van der Waals surface area contributed by atoms with Gasteiger partial charge in [-0.05, 0) is 51.9 Å². The van der Waals surface area contributed by atoms with Crippen molar-refractivity contribution in [3.05, 3.63) is 0 Å². The third kappa shape index (κ3) is 1.94. The summed E-state index contributed by atoms with van der Waals surface area (Å²) in [6, 6.07) is 0. The number of carboxylic acid groups (broad SMARTS) is 1. The second-order valence-corrected chi connectivity index (χ2v) is 6.36. The molecule has 2 saturated carbocycles. The molecule has 2 fully saturated rings. The molecule has 17 heavy (non-hydrogen) atoms. The molecule has 0 aromatic rings. The van der Waals surface area contributed by atoms with Crippen LogP contribution in [0.25, 0.3) is 0 Å². The number of fused-ring (bicyclic) bond motifs is 2. The molecule has 4 nitrogen and oxygen atoms in total. The minimum atomic E-state index is -1.27. The number of esters is 1. The highest BCUT2D eigenvalue weighted by Crippen LogP contribution is 2.56. The van der Waals surface area contributed by atoms with Gasteiger partial charge in [-0.2, -0.15) is 0 Å². The number of rotatable bonds is 2. The number of carbonyl (C=O) groups excluding carboxylic acids is 1. The van der Waals surface area contributed by atoms with E-state index < -0.39 is 23.0 Å². The first-order valence-electron chi connectivity index (χ1n) is 6.22. The lowest BCUT2D eigenvalue weighted by atomic mass is 9.73. The maximum absolute atomic E-state index is 12.2. The molecule has 96 valence electrons. The summed E-state index contributed by atoms with van der Waals surface area (Å²) in [5, 5.41) is 9.45. The number of hydrogen-bond donors (Lipinski definition) is 1. The first-order valence-corrected chi connectivity index (χ1v) is 6.22. The van der Waals surface area contributed by atoms with Crippen molar-refractivity contribution in [1.29, 1.82) is 0 Å². The maximum atomic E-state index is 12.2. The van der Waals surface area contributed by atoms with Crippen LogP contribution in [0.15, 0.2) is 0 Å². The third-order valence-corrected chi connectivity index (χ3v) is 3.99. The summed E-state index contributed by atoms with van der Waals surface area (Å²) in [5.74, 6) is -1.17. The van der Waals surface area contributed by atoms with E-state index in [2.05, 4.69) is 0 Å². The van der Waals surface area contributed by atoms with Gasteiger partial charge in [0.25, 0.3) is 0 Å². The van der Waals surface area contributed by atoms with Gasteiger partial charge in [0.05, 0.1) is 0 Å². The molecule has 2 rings (SSSR count). The van der Waals surface area contributed by atoms with Gasteiger partial charge in [0, 0.05) is 0 Å². The number of ether oxygens (including phenoxy) is 1. The minimum absolute atomic E-state index is 0.0279. The SMILES string of the molecule is CC(C)(C)OC(=O)C1(C(=O)O)CC2CCC1C2. The summed E-state index contributed by atoms with van der Waals surface area (Å²) in [6.45, 7) is 5.31. The number of aliphatic carboxylic acids is 1. The molecular formula is C13H20O4. The van der Waals surface area contributed by atoms with Crippen molar-refractivity contribution in [3.8, 4) is 0 Å². The highest BCUT2D eigenvalue weighted by Gasteiger charge is 2.62. The Morgan fingerprint density at radius 3 is 2.29 bits per heavy atom. The van der Waals surface area contributed by atoms with E-state index in [1.165, 1.54) is 0 Å². The van der Waals surface area contributed by atoms with E-state index in [-0.39, 0.29) is 5.92 Å². The van der Waals surface area contributed by atoms with Crippen LogP contribution < -0.4 is 0 Å². The van der Waals surface area contributed by atoms with E-state index in [0.29, 0.717) is 12.3 Å². The molecule has 2 bridgehead atoms. The molecule has 3 unspecified atom stereocenters. The van der Waals surface area contributed by atoms with Gasteiger partial charge in [-0.15, -0.1) is 0 Å². The summed E-state index contributed by atoms with van der Waals surface area (Å²) in [6.07, 6.45) is 3.23. The lowest BCUT2D eigenvalue weighted by molar-refractivity contribution is -0.181. The first kappa shape index (κ1) is 12.4. The number of carboxylic acids is 1. The molecule has 0 saturated heterocycles. The lowest BCUT2D eigenvalue weighted by Crippen LogP contribution is -2.47. The van der Waals surface area contributed by atoms with Crippen molar-refractivity contribution in [2.24, 2.45) is 17.3 Å². The normalized spacial score (nSPS) is 35.9. The van der Waals surface area contributed by atoms with Gasteiger partial charge in [0.1, 0.15) is 5.60 Å². The van der Waals surface area contributed by atoms with Crippen molar-refractivity contribution in [2.45, 2.75) is 52.1 Å². The monoisotopic (exact) mass is 240 g/mol. The van der Waals surface area contributed by atoms with Gasteiger partial charge in [-0.1, -0.05) is 6.42 Å². The summed E-state index contributed by atoms with van der Waals surface area (Å²) < 4.78 is 5.32. The van der Waals surface area contributed by atoms with Crippen molar-refractivity contribution >= 4 is 11.9 Å². The van der Waals surface area contributed by atoms with Gasteiger partial charge in [-0.25, -0.2) is 0 Å². The van der Waals surface area contributed by atoms with E-state index in [0.717, 1.165) is 19.3 Å².